The van der Waals surface area contributed by atoms with E-state index in [2.05, 4.69) is 0 Å². The fourth-order valence-electron chi connectivity index (χ4n) is 0. The van der Waals surface area contributed by atoms with Gasteiger partial charge in [0.1, 0.15) is 0 Å². The molecule has 8 nitrogen and oxygen atoms in total. The summed E-state index contributed by atoms with van der Waals surface area (Å²) in [5.41, 5.74) is 0. The Labute approximate surface area is 52.1 Å². The van der Waals surface area contributed by atoms with Crippen molar-refractivity contribution in [3.63, 3.8) is 0 Å². The molecule has 0 saturated carbocycles. The van der Waals surface area contributed by atoms with Gasteiger partial charge in [0.05, 0.1) is 0 Å². The Morgan fingerprint density at radius 1 is 0.556 bits per heavy atom. The quantitative estimate of drug-likeness (QED) is 0.386. The second-order valence-electron chi connectivity index (χ2n) is 0.408. The van der Waals surface area contributed by atoms with Crippen molar-refractivity contribution in [2.75, 3.05) is 0 Å². The molecule has 0 rings (SSSR count). The third-order valence-electron chi connectivity index (χ3n) is 0. The first-order valence-electron chi connectivity index (χ1n) is 0.667. The predicted molar refractivity (Wildman–Crippen MR) is 17.2 cm³/mol. The maximum atomic E-state index is 8.63. The van der Waals surface area contributed by atoms with Crippen LogP contribution in [0.5, 0.6) is 0 Å². The average molecular weight is 232 g/mol. The van der Waals surface area contributed by atoms with E-state index in [0.29, 0.717) is 0 Å². The van der Waals surface area contributed by atoms with Gasteiger partial charge >= 0.3 is 29.5 Å². The van der Waals surface area contributed by atoms with Crippen molar-refractivity contribution in [3.05, 3.63) is 0 Å². The van der Waals surface area contributed by atoms with Crippen molar-refractivity contribution in [1.29, 1.82) is 0 Å². The van der Waals surface area contributed by atoms with Crippen molar-refractivity contribution >= 4 is 0 Å². The fraction of sp³-hybridized carbons (Fsp3) is 0. The molecule has 0 bridgehead atoms. The van der Waals surface area contributed by atoms with E-state index < -0.39 is 15.9 Å². The zero-order chi connectivity index (χ0) is 4.50. The van der Waals surface area contributed by atoms with Crippen LogP contribution in [0.25, 0.3) is 0 Å². The summed E-state index contributed by atoms with van der Waals surface area (Å²) in [5.74, 6) is 0. The minimum atomic E-state index is -6.02. The molecular weight excluding hydrogens is 224 g/mol. The first-order chi connectivity index (χ1) is 2.00. The first-order valence-corrected chi connectivity index (χ1v) is 3.94. The zero-order valence-electron chi connectivity index (χ0n) is 4.04. The fourth-order valence-corrected chi connectivity index (χ4v) is 0. The molecule has 9 heteroatoms. The molecule has 0 aliphatic carbocycles. The van der Waals surface area contributed by atoms with Crippen molar-refractivity contribution < 1.29 is 51.4 Å². The standard InChI is InChI=1S/Mo.4H2O.4O/h;4*1H2;;;;. The van der Waals surface area contributed by atoms with E-state index >= 15 is 0 Å². The third-order valence-corrected chi connectivity index (χ3v) is 0. The van der Waals surface area contributed by atoms with E-state index in [1.807, 2.05) is 0 Å². The Morgan fingerprint density at radius 3 is 0.556 bits per heavy atom. The summed E-state index contributed by atoms with van der Waals surface area (Å²) in [6.07, 6.45) is 0. The number of rotatable bonds is 0. The van der Waals surface area contributed by atoms with Crippen molar-refractivity contribution in [3.8, 4) is 0 Å². The Kier molecular flexibility index (Phi) is 44.4. The molecule has 0 aromatic carbocycles. The molecule has 0 aromatic heterocycles. The van der Waals surface area contributed by atoms with Crippen LogP contribution in [0, 0.1) is 0 Å². The molecule has 9 heavy (non-hydrogen) atoms. The molecular formula is H8MoO8. The SMILES string of the molecule is O.O.O.O.[O]=[Mo](=[O])(=[O])=[O]. The summed E-state index contributed by atoms with van der Waals surface area (Å²) in [6, 6.07) is 0. The Balaban J connectivity index is -0.0000000133. The number of hydrogen-bond donors (Lipinski definition) is 0. The van der Waals surface area contributed by atoms with Gasteiger partial charge in [-0.05, 0) is 0 Å². The predicted octanol–water partition coefficient (Wildman–Crippen LogP) is -3.78. The molecule has 0 fully saturated rings. The molecule has 0 aliphatic rings. The topological polar surface area (TPSA) is 194 Å². The Morgan fingerprint density at radius 2 is 0.556 bits per heavy atom. The van der Waals surface area contributed by atoms with Gasteiger partial charge in [0.2, 0.25) is 0 Å². The van der Waals surface area contributed by atoms with Crippen LogP contribution in [0.2, 0.25) is 0 Å². The van der Waals surface area contributed by atoms with Crippen LogP contribution in [0.3, 0.4) is 0 Å². The molecule has 0 heterocycles. The van der Waals surface area contributed by atoms with E-state index in [9.17, 15) is 0 Å². The monoisotopic (exact) mass is 234 g/mol. The van der Waals surface area contributed by atoms with Crippen LogP contribution in [0.15, 0.2) is 0 Å². The van der Waals surface area contributed by atoms with E-state index in [-0.39, 0.29) is 21.9 Å². The van der Waals surface area contributed by atoms with Crippen LogP contribution in [-0.2, 0) is 29.5 Å². The summed E-state index contributed by atoms with van der Waals surface area (Å²) in [6.45, 7) is 0. The van der Waals surface area contributed by atoms with Crippen LogP contribution in [0.1, 0.15) is 0 Å². The van der Waals surface area contributed by atoms with Crippen molar-refractivity contribution in [2.24, 2.45) is 0 Å². The van der Waals surface area contributed by atoms with Gasteiger partial charge in [0.25, 0.3) is 0 Å². The van der Waals surface area contributed by atoms with Crippen molar-refractivity contribution in [1.82, 2.24) is 0 Å². The van der Waals surface area contributed by atoms with Gasteiger partial charge in [0.15, 0.2) is 0 Å². The summed E-state index contributed by atoms with van der Waals surface area (Å²) in [4.78, 5) is 0. The van der Waals surface area contributed by atoms with E-state index in [0.717, 1.165) is 0 Å². The molecule has 0 aromatic rings. The van der Waals surface area contributed by atoms with Crippen molar-refractivity contribution in [2.45, 2.75) is 0 Å². The van der Waals surface area contributed by atoms with Crippen LogP contribution >= 0.6 is 0 Å². The normalized spacial score (nSPS) is 4.44. The Bertz CT molecular complexity index is 156. The van der Waals surface area contributed by atoms with E-state index in [1.54, 1.807) is 0 Å². The van der Waals surface area contributed by atoms with E-state index in [4.69, 9.17) is 13.6 Å². The average Bonchev–Trinajstić information content (AvgIpc) is 0.722. The molecule has 0 aliphatic heterocycles. The van der Waals surface area contributed by atoms with Gasteiger partial charge in [-0.3, -0.25) is 0 Å². The molecule has 8 N–H and O–H groups in total. The van der Waals surface area contributed by atoms with Crippen LogP contribution in [-0.4, -0.2) is 21.9 Å². The zero-order valence-corrected chi connectivity index (χ0v) is 6.05. The molecule has 0 saturated heterocycles. The molecule has 0 radical (unpaired) electrons. The van der Waals surface area contributed by atoms with Gasteiger partial charge in [-0.2, -0.15) is 0 Å². The first kappa shape index (κ1) is 37.5. The van der Waals surface area contributed by atoms with Gasteiger partial charge in [0, 0.05) is 0 Å². The van der Waals surface area contributed by atoms with Crippen LogP contribution < -0.4 is 0 Å². The second kappa shape index (κ2) is 10.7. The van der Waals surface area contributed by atoms with Gasteiger partial charge in [-0.25, -0.2) is 0 Å². The number of hydrogen-bond acceptors (Lipinski definition) is 4. The summed E-state index contributed by atoms with van der Waals surface area (Å²) in [7, 11) is 0. The summed E-state index contributed by atoms with van der Waals surface area (Å²) >= 11 is -6.02. The van der Waals surface area contributed by atoms with Gasteiger partial charge in [-0.15, -0.1) is 0 Å². The molecule has 0 unspecified atom stereocenters. The van der Waals surface area contributed by atoms with Gasteiger partial charge < -0.3 is 21.9 Å². The van der Waals surface area contributed by atoms with E-state index in [1.165, 1.54) is 0 Å². The third kappa shape index (κ3) is 3440. The van der Waals surface area contributed by atoms with Crippen LogP contribution in [0.4, 0.5) is 0 Å². The molecule has 62 valence electrons. The Hall–Kier alpha value is -0.272. The molecule has 0 spiro atoms. The summed E-state index contributed by atoms with van der Waals surface area (Å²) < 4.78 is 34.5. The molecule has 0 amide bonds. The van der Waals surface area contributed by atoms with Gasteiger partial charge in [-0.1, -0.05) is 0 Å². The second-order valence-corrected chi connectivity index (χ2v) is 2.42. The minimum absolute atomic E-state index is 0. The summed E-state index contributed by atoms with van der Waals surface area (Å²) in [5, 5.41) is 0. The maximum absolute atomic E-state index is 8.63. The molecule has 0 atom stereocenters.